The molecule has 0 fully saturated rings. The number of thiophene rings is 1. The Kier molecular flexibility index (Phi) is 4.51. The van der Waals surface area contributed by atoms with Gasteiger partial charge in [-0.2, -0.15) is 0 Å². The number of aromatic nitrogens is 4. The number of para-hydroxylation sites is 1. The number of hydrogen-bond donors (Lipinski definition) is 2. The summed E-state index contributed by atoms with van der Waals surface area (Å²) in [5.74, 6) is 0.740. The molecule has 0 atom stereocenters. The zero-order chi connectivity index (χ0) is 19.0. The molecule has 3 aromatic heterocycles. The minimum Gasteiger partial charge on any atom is -0.357 e. The SMILES string of the molecule is CNc1nccc(-c2ccc(C(=O)Nc3nc4c(Cl)cccc4n3C)s2)n1. The minimum atomic E-state index is -0.233. The average molecular weight is 399 g/mol. The van der Waals surface area contributed by atoms with E-state index in [0.29, 0.717) is 27.3 Å². The van der Waals surface area contributed by atoms with Crippen LogP contribution in [0, 0.1) is 0 Å². The molecule has 0 saturated carbocycles. The van der Waals surface area contributed by atoms with E-state index >= 15 is 0 Å². The van der Waals surface area contributed by atoms with Gasteiger partial charge < -0.3 is 9.88 Å². The molecule has 0 radical (unpaired) electrons. The summed E-state index contributed by atoms with van der Waals surface area (Å²) in [5.41, 5.74) is 2.27. The monoisotopic (exact) mass is 398 g/mol. The van der Waals surface area contributed by atoms with Crippen LogP contribution in [0.25, 0.3) is 21.6 Å². The number of fused-ring (bicyclic) bond motifs is 1. The van der Waals surface area contributed by atoms with Gasteiger partial charge in [-0.1, -0.05) is 17.7 Å². The molecule has 1 aromatic carbocycles. The smallest absolute Gasteiger partial charge is 0.268 e. The lowest BCUT2D eigenvalue weighted by molar-refractivity contribution is 0.102. The van der Waals surface area contributed by atoms with Gasteiger partial charge in [0.15, 0.2) is 0 Å². The third-order valence-electron chi connectivity index (χ3n) is 4.05. The zero-order valence-electron chi connectivity index (χ0n) is 14.5. The van der Waals surface area contributed by atoms with Crippen LogP contribution in [0.3, 0.4) is 0 Å². The van der Waals surface area contributed by atoms with Crippen LogP contribution < -0.4 is 10.6 Å². The average Bonchev–Trinajstić information content (AvgIpc) is 3.29. The van der Waals surface area contributed by atoms with Gasteiger partial charge in [0.05, 0.1) is 26.0 Å². The topological polar surface area (TPSA) is 84.7 Å². The molecule has 136 valence electrons. The standard InChI is InChI=1S/C18H15ClN6OS/c1-20-17-21-9-8-11(22-17)13-6-7-14(27-13)16(26)24-18-23-15-10(19)4-3-5-12(15)25(18)2/h3-9H,1-2H3,(H,20,21,22)(H,23,24,26). The largest absolute Gasteiger partial charge is 0.357 e. The summed E-state index contributed by atoms with van der Waals surface area (Å²) in [6.45, 7) is 0. The van der Waals surface area contributed by atoms with E-state index in [2.05, 4.69) is 25.6 Å². The summed E-state index contributed by atoms with van der Waals surface area (Å²) < 4.78 is 1.80. The van der Waals surface area contributed by atoms with E-state index in [1.165, 1.54) is 11.3 Å². The molecule has 1 amide bonds. The van der Waals surface area contributed by atoms with E-state index < -0.39 is 0 Å². The highest BCUT2D eigenvalue weighted by Crippen LogP contribution is 2.29. The third-order valence-corrected chi connectivity index (χ3v) is 5.46. The van der Waals surface area contributed by atoms with E-state index in [-0.39, 0.29) is 5.91 Å². The number of halogens is 1. The predicted octanol–water partition coefficient (Wildman–Crippen LogP) is 4.04. The van der Waals surface area contributed by atoms with Crippen molar-refractivity contribution in [3.8, 4) is 10.6 Å². The molecular weight excluding hydrogens is 384 g/mol. The summed E-state index contributed by atoms with van der Waals surface area (Å²) in [6.07, 6.45) is 1.68. The van der Waals surface area contributed by atoms with Gasteiger partial charge in [-0.15, -0.1) is 11.3 Å². The van der Waals surface area contributed by atoms with Crippen molar-refractivity contribution in [2.75, 3.05) is 17.7 Å². The van der Waals surface area contributed by atoms with Crippen molar-refractivity contribution >= 4 is 51.8 Å². The van der Waals surface area contributed by atoms with Crippen molar-refractivity contribution in [2.45, 2.75) is 0 Å². The Morgan fingerprint density at radius 1 is 1.19 bits per heavy atom. The summed E-state index contributed by atoms with van der Waals surface area (Å²) in [4.78, 5) is 27.0. The van der Waals surface area contributed by atoms with Crippen LogP contribution in [-0.4, -0.2) is 32.5 Å². The van der Waals surface area contributed by atoms with Crippen LogP contribution in [0.2, 0.25) is 5.02 Å². The summed E-state index contributed by atoms with van der Waals surface area (Å²) in [6, 6.07) is 11.0. The van der Waals surface area contributed by atoms with Crippen LogP contribution >= 0.6 is 22.9 Å². The van der Waals surface area contributed by atoms with E-state index in [0.717, 1.165) is 16.1 Å². The molecule has 4 rings (SSSR count). The fourth-order valence-electron chi connectivity index (χ4n) is 2.67. The number of nitrogens with one attached hydrogen (secondary N) is 2. The Labute approximate surface area is 164 Å². The molecule has 0 aliphatic rings. The van der Waals surface area contributed by atoms with Gasteiger partial charge in [-0.05, 0) is 30.3 Å². The number of benzene rings is 1. The number of carbonyl (C=O) groups excluding carboxylic acids is 1. The van der Waals surface area contributed by atoms with Gasteiger partial charge >= 0.3 is 0 Å². The molecule has 7 nitrogen and oxygen atoms in total. The molecule has 0 bridgehead atoms. The summed E-state index contributed by atoms with van der Waals surface area (Å²) >= 11 is 7.54. The Morgan fingerprint density at radius 2 is 2.04 bits per heavy atom. The van der Waals surface area contributed by atoms with Crippen molar-refractivity contribution in [3.63, 3.8) is 0 Å². The molecule has 2 N–H and O–H groups in total. The van der Waals surface area contributed by atoms with E-state index in [1.54, 1.807) is 29.9 Å². The molecule has 4 aromatic rings. The quantitative estimate of drug-likeness (QED) is 0.542. The van der Waals surface area contributed by atoms with Gasteiger partial charge in [0, 0.05) is 20.3 Å². The Morgan fingerprint density at radius 3 is 2.81 bits per heavy atom. The van der Waals surface area contributed by atoms with Crippen molar-refractivity contribution in [2.24, 2.45) is 7.05 Å². The number of anilines is 2. The predicted molar refractivity (Wildman–Crippen MR) is 109 cm³/mol. The second kappa shape index (κ2) is 6.98. The lowest BCUT2D eigenvalue weighted by Crippen LogP contribution is -2.13. The Balaban J connectivity index is 1.60. The first-order chi connectivity index (χ1) is 13.1. The molecule has 3 heterocycles. The number of amides is 1. The highest BCUT2D eigenvalue weighted by Gasteiger charge is 2.16. The van der Waals surface area contributed by atoms with Crippen LogP contribution in [-0.2, 0) is 7.05 Å². The number of carbonyl (C=O) groups is 1. The number of hydrogen-bond acceptors (Lipinski definition) is 6. The second-order valence-corrected chi connectivity index (χ2v) is 7.23. The zero-order valence-corrected chi connectivity index (χ0v) is 16.1. The summed E-state index contributed by atoms with van der Waals surface area (Å²) in [7, 11) is 3.59. The van der Waals surface area contributed by atoms with Crippen LogP contribution in [0.1, 0.15) is 9.67 Å². The van der Waals surface area contributed by atoms with Crippen molar-refractivity contribution in [1.82, 2.24) is 19.5 Å². The van der Waals surface area contributed by atoms with E-state index in [1.807, 2.05) is 31.3 Å². The molecule has 0 spiro atoms. The maximum absolute atomic E-state index is 12.7. The molecule has 0 unspecified atom stereocenters. The van der Waals surface area contributed by atoms with Gasteiger partial charge in [-0.25, -0.2) is 15.0 Å². The lowest BCUT2D eigenvalue weighted by Gasteiger charge is -2.03. The van der Waals surface area contributed by atoms with E-state index in [9.17, 15) is 4.79 Å². The molecule has 0 aliphatic heterocycles. The van der Waals surface area contributed by atoms with Crippen molar-refractivity contribution < 1.29 is 4.79 Å². The fourth-order valence-corrected chi connectivity index (χ4v) is 3.75. The maximum Gasteiger partial charge on any atom is 0.268 e. The highest BCUT2D eigenvalue weighted by molar-refractivity contribution is 7.17. The van der Waals surface area contributed by atoms with Crippen molar-refractivity contribution in [1.29, 1.82) is 0 Å². The first kappa shape index (κ1) is 17.4. The van der Waals surface area contributed by atoms with Crippen LogP contribution in [0.4, 0.5) is 11.9 Å². The lowest BCUT2D eigenvalue weighted by atomic mass is 10.3. The van der Waals surface area contributed by atoms with Crippen LogP contribution in [0.5, 0.6) is 0 Å². The molecular formula is C18H15ClN6OS. The number of aryl methyl sites for hydroxylation is 1. The van der Waals surface area contributed by atoms with Gasteiger partial charge in [0.1, 0.15) is 5.52 Å². The molecule has 0 aliphatic carbocycles. The van der Waals surface area contributed by atoms with Gasteiger partial charge in [0.2, 0.25) is 11.9 Å². The van der Waals surface area contributed by atoms with Crippen LogP contribution in [0.15, 0.2) is 42.6 Å². The minimum absolute atomic E-state index is 0.233. The number of imidazole rings is 1. The Bertz CT molecular complexity index is 1150. The molecule has 27 heavy (non-hydrogen) atoms. The first-order valence-electron chi connectivity index (χ1n) is 8.10. The second-order valence-electron chi connectivity index (χ2n) is 5.74. The molecule has 0 saturated heterocycles. The number of nitrogens with zero attached hydrogens (tertiary/aromatic N) is 4. The van der Waals surface area contributed by atoms with Gasteiger partial charge in [0.25, 0.3) is 5.91 Å². The molecule has 9 heteroatoms. The maximum atomic E-state index is 12.7. The Hall–Kier alpha value is -2.97. The first-order valence-corrected chi connectivity index (χ1v) is 9.29. The third kappa shape index (κ3) is 3.24. The fraction of sp³-hybridized carbons (Fsp3) is 0.111. The highest BCUT2D eigenvalue weighted by atomic mass is 35.5. The van der Waals surface area contributed by atoms with E-state index in [4.69, 9.17) is 11.6 Å². The summed E-state index contributed by atoms with van der Waals surface area (Å²) in [5, 5.41) is 6.30. The van der Waals surface area contributed by atoms with Gasteiger partial charge in [-0.3, -0.25) is 10.1 Å². The normalized spacial score (nSPS) is 10.9. The van der Waals surface area contributed by atoms with Crippen molar-refractivity contribution in [3.05, 3.63) is 52.5 Å². The number of rotatable bonds is 4.